The number of amides is 1. The summed E-state index contributed by atoms with van der Waals surface area (Å²) in [5.41, 5.74) is 0. The number of hydrogen-bond acceptors (Lipinski definition) is 5. The van der Waals surface area contributed by atoms with Crippen LogP contribution in [0.25, 0.3) is 0 Å². The lowest BCUT2D eigenvalue weighted by molar-refractivity contribution is -0.143. The van der Waals surface area contributed by atoms with E-state index in [0.717, 1.165) is 77.0 Å². The highest BCUT2D eigenvalue weighted by molar-refractivity contribution is 5.76. The van der Waals surface area contributed by atoms with Crippen molar-refractivity contribution in [2.24, 2.45) is 0 Å². The number of esters is 1. The molecule has 0 saturated carbocycles. The summed E-state index contributed by atoms with van der Waals surface area (Å²) in [7, 11) is 0. The van der Waals surface area contributed by atoms with Crippen LogP contribution in [0.4, 0.5) is 0 Å². The van der Waals surface area contributed by atoms with E-state index in [1.807, 2.05) is 0 Å². The highest BCUT2D eigenvalue weighted by Gasteiger charge is 2.20. The Morgan fingerprint density at radius 3 is 1.06 bits per heavy atom. The maximum Gasteiger partial charge on any atom is 0.305 e. The summed E-state index contributed by atoms with van der Waals surface area (Å²) in [4.78, 5) is 24.6. The number of rotatable bonds is 57. The molecule has 0 rings (SSSR count). The van der Waals surface area contributed by atoms with Crippen molar-refractivity contribution in [3.8, 4) is 0 Å². The smallest absolute Gasteiger partial charge is 0.305 e. The van der Waals surface area contributed by atoms with Gasteiger partial charge in [0.1, 0.15) is 0 Å². The van der Waals surface area contributed by atoms with E-state index in [1.54, 1.807) is 0 Å². The summed E-state index contributed by atoms with van der Waals surface area (Å²) >= 11 is 0. The first-order chi connectivity index (χ1) is 33.0. The van der Waals surface area contributed by atoms with Crippen LogP contribution in [0.5, 0.6) is 0 Å². The minimum absolute atomic E-state index is 0.0303. The average molecular weight is 947 g/mol. The summed E-state index contributed by atoms with van der Waals surface area (Å²) < 4.78 is 5.46. The summed E-state index contributed by atoms with van der Waals surface area (Å²) in [5, 5.41) is 23.3. The van der Waals surface area contributed by atoms with Gasteiger partial charge in [-0.1, -0.05) is 289 Å². The van der Waals surface area contributed by atoms with Crippen LogP contribution in [0.15, 0.2) is 12.2 Å². The summed E-state index contributed by atoms with van der Waals surface area (Å²) in [5.74, 6) is -0.0968. The minimum Gasteiger partial charge on any atom is -0.466 e. The summed E-state index contributed by atoms with van der Waals surface area (Å²) in [6.07, 6.45) is 67.9. The first-order valence-electron chi connectivity index (χ1n) is 30.4. The molecule has 0 aliphatic heterocycles. The van der Waals surface area contributed by atoms with Gasteiger partial charge >= 0.3 is 5.97 Å². The third-order valence-corrected chi connectivity index (χ3v) is 14.3. The van der Waals surface area contributed by atoms with Crippen molar-refractivity contribution in [2.75, 3.05) is 13.2 Å². The van der Waals surface area contributed by atoms with Crippen LogP contribution < -0.4 is 5.32 Å². The van der Waals surface area contributed by atoms with Crippen molar-refractivity contribution in [2.45, 2.75) is 353 Å². The largest absolute Gasteiger partial charge is 0.466 e. The molecule has 1 amide bonds. The normalized spacial score (nSPS) is 12.6. The molecule has 3 N–H and O–H groups in total. The zero-order valence-corrected chi connectivity index (χ0v) is 45.4. The van der Waals surface area contributed by atoms with Crippen LogP contribution in [0, 0.1) is 0 Å². The highest BCUT2D eigenvalue weighted by atomic mass is 16.5. The number of carbonyl (C=O) groups is 2. The predicted molar refractivity (Wildman–Crippen MR) is 292 cm³/mol. The number of carbonyl (C=O) groups excluding carboxylic acids is 2. The Morgan fingerprint density at radius 1 is 0.403 bits per heavy atom. The van der Waals surface area contributed by atoms with E-state index in [2.05, 4.69) is 31.3 Å². The van der Waals surface area contributed by atoms with E-state index in [4.69, 9.17) is 4.74 Å². The van der Waals surface area contributed by atoms with Crippen LogP contribution in [-0.4, -0.2) is 47.4 Å². The molecule has 0 aromatic rings. The first-order valence-corrected chi connectivity index (χ1v) is 30.4. The Hall–Kier alpha value is -1.40. The number of nitrogens with one attached hydrogen (secondary N) is 1. The van der Waals surface area contributed by atoms with Gasteiger partial charge in [-0.2, -0.15) is 0 Å². The number of ether oxygens (including phenoxy) is 1. The molecule has 0 spiro atoms. The Morgan fingerprint density at radius 2 is 0.701 bits per heavy atom. The second-order valence-corrected chi connectivity index (χ2v) is 21.0. The Kier molecular flexibility index (Phi) is 56.0. The average Bonchev–Trinajstić information content (AvgIpc) is 3.33. The number of hydrogen-bond donors (Lipinski definition) is 3. The van der Waals surface area contributed by atoms with Gasteiger partial charge in [0.25, 0.3) is 0 Å². The molecule has 0 aliphatic rings. The maximum absolute atomic E-state index is 12.5. The van der Waals surface area contributed by atoms with Gasteiger partial charge < -0.3 is 20.3 Å². The van der Waals surface area contributed by atoms with Crippen molar-refractivity contribution in [1.82, 2.24) is 5.32 Å². The molecule has 0 heterocycles. The van der Waals surface area contributed by atoms with Gasteiger partial charge in [-0.15, -0.1) is 0 Å². The molecule has 67 heavy (non-hydrogen) atoms. The van der Waals surface area contributed by atoms with Crippen LogP contribution in [0.2, 0.25) is 0 Å². The van der Waals surface area contributed by atoms with Crippen molar-refractivity contribution in [1.29, 1.82) is 0 Å². The molecule has 0 aliphatic carbocycles. The Bertz CT molecular complexity index is 1000. The quantitative estimate of drug-likeness (QED) is 0.0321. The van der Waals surface area contributed by atoms with E-state index in [9.17, 15) is 19.8 Å². The minimum atomic E-state index is -0.686. The van der Waals surface area contributed by atoms with E-state index in [0.29, 0.717) is 25.9 Å². The molecule has 0 radical (unpaired) electrons. The van der Waals surface area contributed by atoms with E-state index >= 15 is 0 Å². The molecule has 0 aromatic carbocycles. The molecular weight excluding hydrogens is 827 g/mol. The van der Waals surface area contributed by atoms with E-state index < -0.39 is 12.1 Å². The molecule has 6 nitrogen and oxygen atoms in total. The fraction of sp³-hybridized carbons (Fsp3) is 0.934. The topological polar surface area (TPSA) is 95.9 Å². The third-order valence-electron chi connectivity index (χ3n) is 14.3. The zero-order valence-electron chi connectivity index (χ0n) is 45.4. The first kappa shape index (κ1) is 65.6. The Labute approximate surface area is 419 Å². The molecule has 6 heteroatoms. The van der Waals surface area contributed by atoms with Crippen molar-refractivity contribution >= 4 is 11.9 Å². The lowest BCUT2D eigenvalue weighted by Crippen LogP contribution is -2.45. The fourth-order valence-corrected chi connectivity index (χ4v) is 9.64. The third kappa shape index (κ3) is 53.8. The van der Waals surface area contributed by atoms with Gasteiger partial charge in [0.05, 0.1) is 25.4 Å². The van der Waals surface area contributed by atoms with Gasteiger partial charge in [0.2, 0.25) is 5.91 Å². The second-order valence-electron chi connectivity index (χ2n) is 21.0. The van der Waals surface area contributed by atoms with E-state index in [1.165, 1.54) is 231 Å². The lowest BCUT2D eigenvalue weighted by atomic mass is 10.0. The maximum atomic E-state index is 12.5. The molecule has 2 unspecified atom stereocenters. The standard InChI is InChI=1S/C61H119NO5/c1-3-5-7-9-11-13-15-17-19-21-23-24-26-27-29-31-33-37-41-45-49-53-59(64)58(57-63)62-60(65)54-50-46-42-38-35-36-40-44-48-52-56-67-61(66)55-51-47-43-39-34-32-30-28-25-22-20-18-16-14-12-10-8-6-4-2/h36,40,58-59,63-64H,3-35,37-39,41-57H2,1-2H3,(H,62,65)/b40-36-. The van der Waals surface area contributed by atoms with Gasteiger partial charge in [-0.05, 0) is 51.4 Å². The molecule has 0 saturated heterocycles. The van der Waals surface area contributed by atoms with E-state index in [-0.39, 0.29) is 18.5 Å². The number of aliphatic hydroxyl groups is 2. The second kappa shape index (κ2) is 57.2. The van der Waals surface area contributed by atoms with Crippen LogP contribution in [-0.2, 0) is 14.3 Å². The Balaban J connectivity index is 3.47. The number of allylic oxidation sites excluding steroid dienone is 2. The van der Waals surface area contributed by atoms with Gasteiger partial charge in [-0.3, -0.25) is 9.59 Å². The predicted octanol–water partition coefficient (Wildman–Crippen LogP) is 18.9. The fourth-order valence-electron chi connectivity index (χ4n) is 9.64. The SMILES string of the molecule is CCCCCCCCCCCCCCCCCCCCCCCC(O)C(CO)NC(=O)CCCCCC/C=C\CCCCOC(=O)CCCCCCCCCCCCCCCCCCCCC. The van der Waals surface area contributed by atoms with Gasteiger partial charge in [0.15, 0.2) is 0 Å². The summed E-state index contributed by atoms with van der Waals surface area (Å²) in [6.45, 7) is 4.90. The number of aliphatic hydroxyl groups excluding tert-OH is 2. The molecule has 0 bridgehead atoms. The van der Waals surface area contributed by atoms with Crippen molar-refractivity contribution < 1.29 is 24.5 Å². The molecular formula is C61H119NO5. The summed E-state index contributed by atoms with van der Waals surface area (Å²) in [6, 6.07) is -0.567. The van der Waals surface area contributed by atoms with Crippen molar-refractivity contribution in [3.05, 3.63) is 12.2 Å². The molecule has 398 valence electrons. The van der Waals surface area contributed by atoms with Gasteiger partial charge in [-0.25, -0.2) is 0 Å². The van der Waals surface area contributed by atoms with Crippen LogP contribution in [0.3, 0.4) is 0 Å². The molecule has 0 aromatic heterocycles. The van der Waals surface area contributed by atoms with Gasteiger partial charge in [0, 0.05) is 12.8 Å². The van der Waals surface area contributed by atoms with Crippen LogP contribution in [0.1, 0.15) is 341 Å². The molecule has 2 atom stereocenters. The monoisotopic (exact) mass is 946 g/mol. The van der Waals surface area contributed by atoms with Crippen LogP contribution >= 0.6 is 0 Å². The number of unbranched alkanes of at least 4 members (excludes halogenated alkanes) is 44. The lowest BCUT2D eigenvalue weighted by Gasteiger charge is -2.22. The highest BCUT2D eigenvalue weighted by Crippen LogP contribution is 2.18. The molecule has 0 fully saturated rings. The van der Waals surface area contributed by atoms with Crippen molar-refractivity contribution in [3.63, 3.8) is 0 Å². The zero-order chi connectivity index (χ0) is 48.6.